The largest absolute Gasteiger partial charge is 0.442 e. The van der Waals surface area contributed by atoms with E-state index in [1.54, 1.807) is 44.4 Å². The number of nitrogens with zero attached hydrogens (tertiary/aromatic N) is 3. The van der Waals surface area contributed by atoms with Crippen molar-refractivity contribution in [1.82, 2.24) is 14.5 Å². The highest BCUT2D eigenvalue weighted by Gasteiger charge is 2.29. The number of ether oxygens (including phenoxy) is 1. The molecule has 0 saturated carbocycles. The standard InChI is InChI=1S/C20H20Cl2N4O3S.2C2H6/c1-20(2,28)17-18(30-15-8-13(21)7-14(22)9-15)26(10-12-3-5-24-6-4-12)16(25-17)11-29-19(23)27;2*1-2/h3-9,28H,10-11H2,1-2H3,(H2,23,27);2*1-2H3. The maximum Gasteiger partial charge on any atom is 0.404 e. The fourth-order valence-corrected chi connectivity index (χ4v) is 4.69. The van der Waals surface area contributed by atoms with Crippen molar-refractivity contribution in [1.29, 1.82) is 0 Å². The van der Waals surface area contributed by atoms with Gasteiger partial charge in [0.25, 0.3) is 0 Å². The number of carbonyl (C=O) groups is 1. The third-order valence-corrected chi connectivity index (χ3v) is 5.58. The predicted octanol–water partition coefficient (Wildman–Crippen LogP) is 6.66. The van der Waals surface area contributed by atoms with Gasteiger partial charge in [-0.3, -0.25) is 4.98 Å². The van der Waals surface area contributed by atoms with Gasteiger partial charge in [0.2, 0.25) is 0 Å². The fourth-order valence-electron chi connectivity index (χ4n) is 2.76. The molecule has 0 aliphatic carbocycles. The van der Waals surface area contributed by atoms with Gasteiger partial charge >= 0.3 is 6.09 Å². The summed E-state index contributed by atoms with van der Waals surface area (Å²) in [5, 5.41) is 12.4. The molecule has 0 bridgehead atoms. The number of pyridine rings is 1. The number of hydrogen-bond acceptors (Lipinski definition) is 6. The maximum atomic E-state index is 11.2. The lowest BCUT2D eigenvalue weighted by Crippen LogP contribution is -2.17. The second-order valence-electron chi connectivity index (χ2n) is 7.00. The van der Waals surface area contributed by atoms with Crippen LogP contribution in [0.1, 0.15) is 58.6 Å². The van der Waals surface area contributed by atoms with Gasteiger partial charge < -0.3 is 20.1 Å². The molecule has 0 radical (unpaired) electrons. The third kappa shape index (κ3) is 8.83. The van der Waals surface area contributed by atoms with E-state index in [-0.39, 0.29) is 6.61 Å². The van der Waals surface area contributed by atoms with Gasteiger partial charge in [-0.05, 0) is 49.7 Å². The SMILES string of the molecule is CC.CC.CC(C)(O)c1nc(COC(N)=O)n(Cc2ccncc2)c1Sc1cc(Cl)cc(Cl)c1. The van der Waals surface area contributed by atoms with Crippen LogP contribution in [-0.2, 0) is 23.5 Å². The van der Waals surface area contributed by atoms with Crippen molar-refractivity contribution in [2.45, 2.75) is 70.2 Å². The summed E-state index contributed by atoms with van der Waals surface area (Å²) in [6.45, 7) is 11.6. The molecule has 2 heterocycles. The third-order valence-electron chi connectivity index (χ3n) is 4.06. The van der Waals surface area contributed by atoms with Crippen LogP contribution in [0.4, 0.5) is 4.79 Å². The average molecular weight is 528 g/mol. The number of halogens is 2. The van der Waals surface area contributed by atoms with Crippen LogP contribution in [0.25, 0.3) is 0 Å². The van der Waals surface area contributed by atoms with Gasteiger partial charge in [-0.2, -0.15) is 0 Å². The molecule has 3 aromatic rings. The number of aromatic nitrogens is 3. The van der Waals surface area contributed by atoms with Crippen LogP contribution in [0.3, 0.4) is 0 Å². The van der Waals surface area contributed by atoms with Crippen molar-refractivity contribution in [3.63, 3.8) is 0 Å². The molecule has 10 heteroatoms. The fraction of sp³-hybridized carbons (Fsp3) is 0.375. The second kappa shape index (κ2) is 14.2. The number of benzene rings is 1. The topological polar surface area (TPSA) is 103 Å². The molecule has 3 rings (SSSR count). The number of hydrogen-bond donors (Lipinski definition) is 2. The van der Waals surface area contributed by atoms with Crippen molar-refractivity contribution >= 4 is 41.1 Å². The van der Waals surface area contributed by atoms with Crippen LogP contribution in [0.5, 0.6) is 0 Å². The lowest BCUT2D eigenvalue weighted by atomic mass is 10.1. The highest BCUT2D eigenvalue weighted by molar-refractivity contribution is 7.99. The molecule has 3 N–H and O–H groups in total. The lowest BCUT2D eigenvalue weighted by Gasteiger charge is -2.18. The molecule has 0 unspecified atom stereocenters. The Balaban J connectivity index is 0.00000137. The van der Waals surface area contributed by atoms with Crippen LogP contribution in [0, 0.1) is 0 Å². The number of primary amides is 1. The number of imidazole rings is 1. The molecule has 0 aliphatic rings. The lowest BCUT2D eigenvalue weighted by molar-refractivity contribution is 0.0707. The molecule has 0 atom stereocenters. The summed E-state index contributed by atoms with van der Waals surface area (Å²) in [5.41, 5.74) is 5.27. The van der Waals surface area contributed by atoms with E-state index in [4.69, 9.17) is 33.7 Å². The number of aliphatic hydroxyl groups is 1. The molecule has 2 aromatic heterocycles. The van der Waals surface area contributed by atoms with E-state index in [0.717, 1.165) is 10.5 Å². The molecule has 1 amide bonds. The van der Waals surface area contributed by atoms with Gasteiger partial charge in [0.05, 0.1) is 6.54 Å². The summed E-state index contributed by atoms with van der Waals surface area (Å²) < 4.78 is 6.85. The first-order valence-corrected chi connectivity index (χ1v) is 12.5. The summed E-state index contributed by atoms with van der Waals surface area (Å²) in [7, 11) is 0. The average Bonchev–Trinajstić information content (AvgIpc) is 3.12. The van der Waals surface area contributed by atoms with Crippen LogP contribution in [0.15, 0.2) is 52.6 Å². The Hall–Kier alpha value is -2.26. The zero-order valence-electron chi connectivity index (χ0n) is 20.3. The molecule has 34 heavy (non-hydrogen) atoms. The van der Waals surface area contributed by atoms with Crippen LogP contribution < -0.4 is 5.73 Å². The Morgan fingerprint density at radius 1 is 1.12 bits per heavy atom. The molecule has 1 aromatic carbocycles. The minimum atomic E-state index is -1.25. The molecule has 0 aliphatic heterocycles. The van der Waals surface area contributed by atoms with E-state index in [1.165, 1.54) is 11.8 Å². The van der Waals surface area contributed by atoms with Gasteiger partial charge in [-0.15, -0.1) is 0 Å². The summed E-state index contributed by atoms with van der Waals surface area (Å²) in [4.78, 5) is 20.5. The Bertz CT molecular complexity index is 1030. The Morgan fingerprint density at radius 2 is 1.68 bits per heavy atom. The van der Waals surface area contributed by atoms with Crippen molar-refractivity contribution in [2.75, 3.05) is 0 Å². The highest BCUT2D eigenvalue weighted by atomic mass is 35.5. The quantitative estimate of drug-likeness (QED) is 0.356. The van der Waals surface area contributed by atoms with Gasteiger partial charge in [0.15, 0.2) is 6.61 Å². The van der Waals surface area contributed by atoms with Crippen LogP contribution in [0.2, 0.25) is 10.0 Å². The van der Waals surface area contributed by atoms with Gasteiger partial charge in [-0.1, -0.05) is 62.7 Å². The van der Waals surface area contributed by atoms with Gasteiger partial charge in [-0.25, -0.2) is 9.78 Å². The Morgan fingerprint density at radius 3 is 2.18 bits per heavy atom. The minimum Gasteiger partial charge on any atom is -0.442 e. The van der Waals surface area contributed by atoms with E-state index in [2.05, 4.69) is 9.97 Å². The number of rotatable bonds is 7. The molecule has 186 valence electrons. The summed E-state index contributed by atoms with van der Waals surface area (Å²) in [6.07, 6.45) is 2.47. The first kappa shape index (κ1) is 29.8. The summed E-state index contributed by atoms with van der Waals surface area (Å²) in [5.74, 6) is 0.443. The number of nitrogens with two attached hydrogens (primary N) is 1. The Labute approximate surface area is 215 Å². The van der Waals surface area contributed by atoms with Crippen molar-refractivity contribution in [3.05, 3.63) is 69.9 Å². The van der Waals surface area contributed by atoms with Crippen LogP contribution >= 0.6 is 35.0 Å². The molecular weight excluding hydrogens is 495 g/mol. The van der Waals surface area contributed by atoms with Crippen molar-refractivity contribution < 1.29 is 14.6 Å². The smallest absolute Gasteiger partial charge is 0.404 e. The van der Waals surface area contributed by atoms with Crippen molar-refractivity contribution in [3.8, 4) is 0 Å². The number of carbonyl (C=O) groups excluding carboxylic acids is 1. The van der Waals surface area contributed by atoms with Crippen LogP contribution in [-0.4, -0.2) is 25.7 Å². The van der Waals surface area contributed by atoms with E-state index in [0.29, 0.717) is 33.1 Å². The van der Waals surface area contributed by atoms with E-state index < -0.39 is 11.7 Å². The van der Waals surface area contributed by atoms with E-state index in [9.17, 15) is 9.90 Å². The zero-order valence-corrected chi connectivity index (χ0v) is 22.6. The molecular formula is C24H32Cl2N4O3S. The first-order valence-electron chi connectivity index (χ1n) is 10.9. The normalized spacial score (nSPS) is 10.5. The second-order valence-corrected chi connectivity index (χ2v) is 8.93. The molecule has 7 nitrogen and oxygen atoms in total. The summed E-state index contributed by atoms with van der Waals surface area (Å²) >= 11 is 13.7. The zero-order chi connectivity index (χ0) is 25.9. The van der Waals surface area contributed by atoms with Gasteiger partial charge in [0, 0.05) is 27.3 Å². The maximum absolute atomic E-state index is 11.2. The first-order chi connectivity index (χ1) is 16.1. The molecule has 0 fully saturated rings. The monoisotopic (exact) mass is 526 g/mol. The minimum absolute atomic E-state index is 0.139. The van der Waals surface area contributed by atoms with E-state index in [1.807, 2.05) is 44.4 Å². The molecule has 0 saturated heterocycles. The predicted molar refractivity (Wildman–Crippen MR) is 138 cm³/mol. The Kier molecular flexibility index (Phi) is 12.4. The summed E-state index contributed by atoms with van der Waals surface area (Å²) in [6, 6.07) is 8.93. The van der Waals surface area contributed by atoms with Gasteiger partial charge in [0.1, 0.15) is 22.1 Å². The molecule has 0 spiro atoms. The number of amides is 1. The van der Waals surface area contributed by atoms with Crippen molar-refractivity contribution in [2.24, 2.45) is 5.73 Å². The highest BCUT2D eigenvalue weighted by Crippen LogP contribution is 2.38. The van der Waals surface area contributed by atoms with E-state index >= 15 is 0 Å².